The highest BCUT2D eigenvalue weighted by Gasteiger charge is 2.29. The van der Waals surface area contributed by atoms with Gasteiger partial charge in [-0.1, -0.05) is 50.0 Å². The van der Waals surface area contributed by atoms with Gasteiger partial charge in [0.2, 0.25) is 5.91 Å². The van der Waals surface area contributed by atoms with Gasteiger partial charge in [0, 0.05) is 26.7 Å². The van der Waals surface area contributed by atoms with Crippen LogP contribution in [-0.2, 0) is 16.1 Å². The Morgan fingerprint density at radius 3 is 2.39 bits per heavy atom. The van der Waals surface area contributed by atoms with Gasteiger partial charge in [0.15, 0.2) is 6.61 Å². The van der Waals surface area contributed by atoms with E-state index in [4.69, 9.17) is 27.9 Å². The molecule has 0 spiro atoms. The SMILES string of the molecule is CC[C@H](C(=O)NCC(C)C)N(Cc1ccc(Cl)cc1Cl)C(=O)COc1ccc(I)cc1. The summed E-state index contributed by atoms with van der Waals surface area (Å²) in [5.41, 5.74) is 0.712. The van der Waals surface area contributed by atoms with Gasteiger partial charge in [-0.05, 0) is 76.9 Å². The Morgan fingerprint density at radius 2 is 1.81 bits per heavy atom. The van der Waals surface area contributed by atoms with Gasteiger partial charge in [-0.15, -0.1) is 0 Å². The normalized spacial score (nSPS) is 11.8. The molecular weight excluding hydrogens is 550 g/mol. The highest BCUT2D eigenvalue weighted by Crippen LogP contribution is 2.24. The molecule has 2 aromatic rings. The van der Waals surface area contributed by atoms with Crippen LogP contribution >= 0.6 is 45.8 Å². The first-order valence-corrected chi connectivity index (χ1v) is 11.9. The molecule has 31 heavy (non-hydrogen) atoms. The second-order valence-corrected chi connectivity index (χ2v) is 9.65. The van der Waals surface area contributed by atoms with Gasteiger partial charge in [0.1, 0.15) is 11.8 Å². The second-order valence-electron chi connectivity index (χ2n) is 7.56. The van der Waals surface area contributed by atoms with Crippen molar-refractivity contribution in [3.8, 4) is 5.75 Å². The zero-order chi connectivity index (χ0) is 23.0. The molecule has 0 unspecified atom stereocenters. The first-order valence-electron chi connectivity index (χ1n) is 10.1. The van der Waals surface area contributed by atoms with E-state index in [2.05, 4.69) is 27.9 Å². The molecule has 1 atom stereocenters. The summed E-state index contributed by atoms with van der Waals surface area (Å²) < 4.78 is 6.76. The smallest absolute Gasteiger partial charge is 0.261 e. The van der Waals surface area contributed by atoms with Crippen molar-refractivity contribution in [3.05, 3.63) is 61.6 Å². The molecule has 0 aliphatic carbocycles. The number of amides is 2. The fourth-order valence-corrected chi connectivity index (χ4v) is 3.76. The number of carbonyl (C=O) groups excluding carboxylic acids is 2. The third-order valence-corrected chi connectivity index (χ3v) is 5.91. The molecule has 0 saturated carbocycles. The van der Waals surface area contributed by atoms with Crippen LogP contribution in [0.4, 0.5) is 0 Å². The van der Waals surface area contributed by atoms with Crippen molar-refractivity contribution < 1.29 is 14.3 Å². The van der Waals surface area contributed by atoms with Crippen LogP contribution in [0.25, 0.3) is 0 Å². The van der Waals surface area contributed by atoms with E-state index in [0.717, 1.165) is 3.57 Å². The number of ether oxygens (including phenoxy) is 1. The monoisotopic (exact) mass is 576 g/mol. The van der Waals surface area contributed by atoms with E-state index in [1.165, 1.54) is 4.90 Å². The van der Waals surface area contributed by atoms with Gasteiger partial charge >= 0.3 is 0 Å². The van der Waals surface area contributed by atoms with Crippen molar-refractivity contribution in [1.82, 2.24) is 10.2 Å². The highest BCUT2D eigenvalue weighted by atomic mass is 127. The van der Waals surface area contributed by atoms with Gasteiger partial charge in [-0.25, -0.2) is 0 Å². The molecule has 0 fully saturated rings. The van der Waals surface area contributed by atoms with Crippen LogP contribution in [0.3, 0.4) is 0 Å². The van der Waals surface area contributed by atoms with Gasteiger partial charge in [-0.3, -0.25) is 9.59 Å². The highest BCUT2D eigenvalue weighted by molar-refractivity contribution is 14.1. The molecule has 2 rings (SSSR count). The van der Waals surface area contributed by atoms with E-state index in [-0.39, 0.29) is 25.0 Å². The Morgan fingerprint density at radius 1 is 1.13 bits per heavy atom. The number of hydrogen-bond acceptors (Lipinski definition) is 3. The van der Waals surface area contributed by atoms with Crippen LogP contribution in [0.2, 0.25) is 10.0 Å². The molecule has 0 aromatic heterocycles. The molecule has 0 heterocycles. The summed E-state index contributed by atoms with van der Waals surface area (Å²) in [6.45, 7) is 6.46. The first-order chi connectivity index (χ1) is 14.7. The average molecular weight is 577 g/mol. The zero-order valence-corrected chi connectivity index (χ0v) is 21.5. The minimum atomic E-state index is -0.640. The summed E-state index contributed by atoms with van der Waals surface area (Å²) in [5, 5.41) is 3.88. The van der Waals surface area contributed by atoms with Gasteiger partial charge in [0.25, 0.3) is 5.91 Å². The van der Waals surface area contributed by atoms with Crippen molar-refractivity contribution in [2.24, 2.45) is 5.92 Å². The maximum absolute atomic E-state index is 13.2. The number of hydrogen-bond donors (Lipinski definition) is 1. The molecule has 5 nitrogen and oxygen atoms in total. The Labute approximate surface area is 207 Å². The van der Waals surface area contributed by atoms with E-state index in [9.17, 15) is 9.59 Å². The van der Waals surface area contributed by atoms with Crippen molar-refractivity contribution >= 4 is 57.6 Å². The summed E-state index contributed by atoms with van der Waals surface area (Å²) in [7, 11) is 0. The zero-order valence-electron chi connectivity index (χ0n) is 17.8. The summed E-state index contributed by atoms with van der Waals surface area (Å²) in [6, 6.07) is 11.9. The van der Waals surface area contributed by atoms with Crippen LogP contribution in [0.1, 0.15) is 32.8 Å². The predicted octanol–water partition coefficient (Wildman–Crippen LogP) is 5.56. The summed E-state index contributed by atoms with van der Waals surface area (Å²) in [5.74, 6) is 0.413. The minimum Gasteiger partial charge on any atom is -0.484 e. The van der Waals surface area contributed by atoms with Gasteiger partial charge in [0.05, 0.1) is 0 Å². The molecule has 8 heteroatoms. The number of benzene rings is 2. The van der Waals surface area contributed by atoms with Crippen molar-refractivity contribution in [1.29, 1.82) is 0 Å². The van der Waals surface area contributed by atoms with Crippen molar-refractivity contribution in [2.75, 3.05) is 13.2 Å². The fraction of sp³-hybridized carbons (Fsp3) is 0.391. The molecule has 0 radical (unpaired) electrons. The standard InChI is InChI=1S/C23H27Cl2IN2O3/c1-4-21(23(30)27-12-15(2)3)28(13-16-5-6-17(24)11-20(16)25)22(29)14-31-19-9-7-18(26)8-10-19/h5-11,15,21H,4,12-14H2,1-3H3,(H,27,30)/t21-/m1/s1. The maximum atomic E-state index is 13.2. The van der Waals surface area contributed by atoms with E-state index < -0.39 is 6.04 Å². The lowest BCUT2D eigenvalue weighted by Gasteiger charge is -2.31. The van der Waals surface area contributed by atoms with Crippen LogP contribution in [0.15, 0.2) is 42.5 Å². The quantitative estimate of drug-likeness (QED) is 0.377. The molecule has 2 aromatic carbocycles. The summed E-state index contributed by atoms with van der Waals surface area (Å²) in [6.07, 6.45) is 0.463. The molecule has 0 aliphatic heterocycles. The lowest BCUT2D eigenvalue weighted by Crippen LogP contribution is -2.50. The van der Waals surface area contributed by atoms with E-state index in [0.29, 0.717) is 40.2 Å². The minimum absolute atomic E-state index is 0.179. The topological polar surface area (TPSA) is 58.6 Å². The summed E-state index contributed by atoms with van der Waals surface area (Å²) in [4.78, 5) is 27.5. The van der Waals surface area contributed by atoms with E-state index in [1.807, 2.05) is 45.0 Å². The number of carbonyl (C=O) groups is 2. The van der Waals surface area contributed by atoms with Crippen molar-refractivity contribution in [2.45, 2.75) is 39.8 Å². The third kappa shape index (κ3) is 8.16. The molecule has 0 saturated heterocycles. The van der Waals surface area contributed by atoms with Gasteiger partial charge < -0.3 is 15.0 Å². The van der Waals surface area contributed by atoms with Gasteiger partial charge in [-0.2, -0.15) is 0 Å². The predicted molar refractivity (Wildman–Crippen MR) is 134 cm³/mol. The average Bonchev–Trinajstić information content (AvgIpc) is 2.73. The Hall–Kier alpha value is -1.51. The Balaban J connectivity index is 2.22. The molecule has 0 aliphatic rings. The molecular formula is C23H27Cl2IN2O3. The van der Waals surface area contributed by atoms with Crippen LogP contribution < -0.4 is 10.1 Å². The third-order valence-electron chi connectivity index (χ3n) is 4.60. The molecule has 168 valence electrons. The number of nitrogens with one attached hydrogen (secondary N) is 1. The number of rotatable bonds is 10. The summed E-state index contributed by atoms with van der Waals surface area (Å²) >= 11 is 14.6. The largest absolute Gasteiger partial charge is 0.484 e. The lowest BCUT2D eigenvalue weighted by atomic mass is 10.1. The molecule has 1 N–H and O–H groups in total. The lowest BCUT2D eigenvalue weighted by molar-refractivity contribution is -0.143. The van der Waals surface area contributed by atoms with Crippen LogP contribution in [0.5, 0.6) is 5.75 Å². The van der Waals surface area contributed by atoms with Crippen molar-refractivity contribution in [3.63, 3.8) is 0 Å². The number of halogens is 3. The molecule has 0 bridgehead atoms. The Kier molecular flexibility index (Phi) is 10.4. The Bertz CT molecular complexity index is 891. The van der Waals surface area contributed by atoms with E-state index >= 15 is 0 Å². The first kappa shape index (κ1) is 25.7. The fourth-order valence-electron chi connectivity index (χ4n) is 2.93. The van der Waals surface area contributed by atoms with E-state index in [1.54, 1.807) is 18.2 Å². The second kappa shape index (κ2) is 12.5. The number of nitrogens with zero attached hydrogens (tertiary/aromatic N) is 1. The molecule has 2 amide bonds. The van der Waals surface area contributed by atoms with Crippen LogP contribution in [-0.4, -0.2) is 35.9 Å². The van der Waals surface area contributed by atoms with Crippen LogP contribution in [0, 0.1) is 9.49 Å². The maximum Gasteiger partial charge on any atom is 0.261 e.